The van der Waals surface area contributed by atoms with Crippen LogP contribution in [-0.2, 0) is 29.6 Å². The molecule has 10 heteroatoms. The molecule has 0 aliphatic rings. The summed E-state index contributed by atoms with van der Waals surface area (Å²) in [6, 6.07) is 18.2. The summed E-state index contributed by atoms with van der Waals surface area (Å²) in [4.78, 5) is 17.4. The molecule has 1 aromatic heterocycles. The van der Waals surface area contributed by atoms with Gasteiger partial charge in [0.05, 0.1) is 26.8 Å². The number of hydrogen-bond donors (Lipinski definition) is 1. The van der Waals surface area contributed by atoms with Gasteiger partial charge in [-0.2, -0.15) is 0 Å². The molecule has 0 radical (unpaired) electrons. The zero-order valence-corrected chi connectivity index (χ0v) is 23.5. The third kappa shape index (κ3) is 6.87. The van der Waals surface area contributed by atoms with Gasteiger partial charge in [-0.1, -0.05) is 61.7 Å². The maximum atomic E-state index is 12.7. The number of unbranched alkanes of at least 4 members (excludes halogenated alkanes) is 1. The van der Waals surface area contributed by atoms with Crippen LogP contribution >= 0.6 is 23.2 Å². The molecule has 4 aromatic rings. The Kier molecular flexibility index (Phi) is 8.97. The number of aromatic nitrogens is 2. The summed E-state index contributed by atoms with van der Waals surface area (Å²) < 4.78 is 34.5. The zero-order valence-electron chi connectivity index (χ0n) is 21.2. The van der Waals surface area contributed by atoms with Crippen molar-refractivity contribution in [3.05, 3.63) is 93.2 Å². The summed E-state index contributed by atoms with van der Waals surface area (Å²) in [5, 5.41) is 0.990. The van der Waals surface area contributed by atoms with Crippen molar-refractivity contribution in [2.24, 2.45) is 0 Å². The van der Waals surface area contributed by atoms with Crippen LogP contribution < -0.4 is 9.46 Å². The molecule has 0 spiro atoms. The third-order valence-corrected chi connectivity index (χ3v) is 8.14. The predicted octanol–water partition coefficient (Wildman–Crippen LogP) is 6.39. The maximum absolute atomic E-state index is 12.7. The monoisotopic (exact) mass is 573 g/mol. The number of carbonyl (C=O) groups is 1. The van der Waals surface area contributed by atoms with Gasteiger partial charge >= 0.3 is 0 Å². The summed E-state index contributed by atoms with van der Waals surface area (Å²) in [6.07, 6.45) is 1.92. The quantitative estimate of drug-likeness (QED) is 0.224. The second kappa shape index (κ2) is 12.2. The van der Waals surface area contributed by atoms with Gasteiger partial charge in [-0.15, -0.1) is 0 Å². The normalized spacial score (nSPS) is 11.6. The number of benzene rings is 3. The van der Waals surface area contributed by atoms with Crippen LogP contribution in [-0.4, -0.2) is 29.6 Å². The molecule has 7 nitrogen and oxygen atoms in total. The standard InChI is InChI=1S/C28H29Cl2N3O4S/c1-3-5-14-38(35,36)32-28(34)21-9-13-25-26(16-21)33(27(4-2)31-25)17-19-6-10-22(11-7-19)37-18-20-8-12-23(29)24(30)15-20/h6-13,15-16H,3-5,14,17-18H2,1-2H3,(H,32,34). The van der Waals surface area contributed by atoms with Gasteiger partial charge in [-0.3, -0.25) is 4.79 Å². The molecule has 4 rings (SSSR count). The van der Waals surface area contributed by atoms with Crippen LogP contribution in [0.15, 0.2) is 60.7 Å². The first-order valence-corrected chi connectivity index (χ1v) is 14.8. The minimum absolute atomic E-state index is 0.0808. The van der Waals surface area contributed by atoms with E-state index in [9.17, 15) is 13.2 Å². The largest absolute Gasteiger partial charge is 0.489 e. The fourth-order valence-electron chi connectivity index (χ4n) is 4.02. The molecule has 3 aromatic carbocycles. The smallest absolute Gasteiger partial charge is 0.264 e. The molecule has 0 atom stereocenters. The molecular formula is C28H29Cl2N3O4S. The lowest BCUT2D eigenvalue weighted by molar-refractivity contribution is 0.0981. The first kappa shape index (κ1) is 28.0. The van der Waals surface area contributed by atoms with E-state index in [1.54, 1.807) is 30.3 Å². The van der Waals surface area contributed by atoms with E-state index in [1.807, 2.05) is 48.7 Å². The summed E-state index contributed by atoms with van der Waals surface area (Å²) >= 11 is 12.1. The number of sulfonamides is 1. The molecule has 0 aliphatic heterocycles. The Hall–Kier alpha value is -3.07. The van der Waals surface area contributed by atoms with Crippen molar-refractivity contribution in [3.8, 4) is 5.75 Å². The topological polar surface area (TPSA) is 90.3 Å². The molecule has 0 aliphatic carbocycles. The van der Waals surface area contributed by atoms with Gasteiger partial charge in [0.1, 0.15) is 18.2 Å². The molecule has 1 N–H and O–H groups in total. The van der Waals surface area contributed by atoms with Crippen LogP contribution in [0.3, 0.4) is 0 Å². The van der Waals surface area contributed by atoms with Crippen molar-refractivity contribution >= 4 is 50.2 Å². The fraction of sp³-hybridized carbons (Fsp3) is 0.286. The van der Waals surface area contributed by atoms with Crippen LogP contribution in [0, 0.1) is 0 Å². The highest BCUT2D eigenvalue weighted by atomic mass is 35.5. The van der Waals surface area contributed by atoms with E-state index in [0.717, 1.165) is 34.4 Å². The number of imidazole rings is 1. The predicted molar refractivity (Wildman–Crippen MR) is 152 cm³/mol. The molecular weight excluding hydrogens is 545 g/mol. The van der Waals surface area contributed by atoms with Gasteiger partial charge in [0.15, 0.2) is 0 Å². The molecule has 200 valence electrons. The van der Waals surface area contributed by atoms with Crippen molar-refractivity contribution in [2.45, 2.75) is 46.3 Å². The van der Waals surface area contributed by atoms with Gasteiger partial charge in [-0.05, 0) is 60.0 Å². The number of nitrogens with zero attached hydrogens (tertiary/aromatic N) is 2. The number of aryl methyl sites for hydroxylation is 1. The molecule has 0 saturated carbocycles. The highest BCUT2D eigenvalue weighted by Crippen LogP contribution is 2.24. The number of nitrogens with one attached hydrogen (secondary N) is 1. The minimum atomic E-state index is -3.68. The van der Waals surface area contributed by atoms with E-state index in [4.69, 9.17) is 32.9 Å². The second-order valence-corrected chi connectivity index (χ2v) is 11.6. The summed E-state index contributed by atoms with van der Waals surface area (Å²) in [5.41, 5.74) is 3.72. The van der Waals surface area contributed by atoms with Crippen molar-refractivity contribution < 1.29 is 17.9 Å². The Bertz CT molecular complexity index is 1550. The lowest BCUT2D eigenvalue weighted by Crippen LogP contribution is -2.32. The maximum Gasteiger partial charge on any atom is 0.264 e. The first-order valence-electron chi connectivity index (χ1n) is 12.4. The highest BCUT2D eigenvalue weighted by molar-refractivity contribution is 7.90. The van der Waals surface area contributed by atoms with Crippen molar-refractivity contribution in [2.75, 3.05) is 5.75 Å². The van der Waals surface area contributed by atoms with E-state index in [2.05, 4.69) is 4.72 Å². The summed E-state index contributed by atoms with van der Waals surface area (Å²) in [6.45, 7) is 4.82. The number of ether oxygens (including phenoxy) is 1. The highest BCUT2D eigenvalue weighted by Gasteiger charge is 2.18. The average Bonchev–Trinajstić information content (AvgIpc) is 3.25. The van der Waals surface area contributed by atoms with Gasteiger partial charge < -0.3 is 9.30 Å². The number of hydrogen-bond acceptors (Lipinski definition) is 5. The van der Waals surface area contributed by atoms with Crippen LogP contribution in [0.25, 0.3) is 11.0 Å². The molecule has 1 heterocycles. The molecule has 0 saturated heterocycles. The van der Waals surface area contributed by atoms with E-state index < -0.39 is 15.9 Å². The number of fused-ring (bicyclic) bond motifs is 1. The van der Waals surface area contributed by atoms with Gasteiger partial charge in [0.2, 0.25) is 10.0 Å². The number of amides is 1. The Labute approximate surface area is 232 Å². The van der Waals surface area contributed by atoms with Crippen LogP contribution in [0.2, 0.25) is 10.0 Å². The molecule has 1 amide bonds. The molecule has 38 heavy (non-hydrogen) atoms. The lowest BCUT2D eigenvalue weighted by atomic mass is 10.1. The minimum Gasteiger partial charge on any atom is -0.489 e. The van der Waals surface area contributed by atoms with E-state index in [1.165, 1.54) is 0 Å². The molecule has 0 bridgehead atoms. The Balaban J connectivity index is 1.50. The van der Waals surface area contributed by atoms with Crippen LogP contribution in [0.5, 0.6) is 5.75 Å². The third-order valence-electron chi connectivity index (χ3n) is 6.07. The van der Waals surface area contributed by atoms with Gasteiger partial charge in [-0.25, -0.2) is 18.1 Å². The van der Waals surface area contributed by atoms with Gasteiger partial charge in [0.25, 0.3) is 5.91 Å². The number of carbonyl (C=O) groups excluding carboxylic acids is 1. The zero-order chi connectivity index (χ0) is 27.3. The molecule has 0 fully saturated rings. The molecule has 0 unspecified atom stereocenters. The van der Waals surface area contributed by atoms with Crippen molar-refractivity contribution in [3.63, 3.8) is 0 Å². The second-order valence-electron chi connectivity index (χ2n) is 8.96. The van der Waals surface area contributed by atoms with Gasteiger partial charge in [0, 0.05) is 18.5 Å². The first-order chi connectivity index (χ1) is 18.2. The summed E-state index contributed by atoms with van der Waals surface area (Å²) in [5.74, 6) is 0.863. The Morgan fingerprint density at radius 3 is 2.39 bits per heavy atom. The van der Waals surface area contributed by atoms with E-state index >= 15 is 0 Å². The Morgan fingerprint density at radius 2 is 1.71 bits per heavy atom. The van der Waals surface area contributed by atoms with Crippen molar-refractivity contribution in [1.29, 1.82) is 0 Å². The number of rotatable bonds is 11. The van der Waals surface area contributed by atoms with E-state index in [-0.39, 0.29) is 11.3 Å². The fourth-order valence-corrected chi connectivity index (χ4v) is 5.51. The Morgan fingerprint density at radius 1 is 0.974 bits per heavy atom. The average molecular weight is 575 g/mol. The van der Waals surface area contributed by atoms with Crippen molar-refractivity contribution in [1.82, 2.24) is 14.3 Å². The van der Waals surface area contributed by atoms with E-state index in [0.29, 0.717) is 41.8 Å². The summed E-state index contributed by atoms with van der Waals surface area (Å²) in [7, 11) is -3.68. The SMILES string of the molecule is CCCCS(=O)(=O)NC(=O)c1ccc2nc(CC)n(Cc3ccc(OCc4ccc(Cl)c(Cl)c4)cc3)c2c1. The van der Waals surface area contributed by atoms with Crippen LogP contribution in [0.4, 0.5) is 0 Å². The van der Waals surface area contributed by atoms with Crippen LogP contribution in [0.1, 0.15) is 54.0 Å². The number of halogens is 2. The lowest BCUT2D eigenvalue weighted by Gasteiger charge is -2.11.